The molecule has 0 aliphatic rings. The zero-order valence-electron chi connectivity index (χ0n) is 10.9. The number of hydroxylamine groups is 1. The fourth-order valence-electron chi connectivity index (χ4n) is 1.35. The summed E-state index contributed by atoms with van der Waals surface area (Å²) in [5.74, 6) is 1.24. The molecule has 0 heterocycles. The number of ether oxygens (including phenoxy) is 3. The number of hydrogen-bond acceptors (Lipinski definition) is 6. The molecule has 4 N–H and O–H groups in total. The van der Waals surface area contributed by atoms with Gasteiger partial charge in [0.1, 0.15) is 17.2 Å². The van der Waals surface area contributed by atoms with Crippen LogP contribution in [0.5, 0.6) is 17.2 Å². The van der Waals surface area contributed by atoms with E-state index in [1.54, 1.807) is 17.6 Å². The van der Waals surface area contributed by atoms with Gasteiger partial charge in [-0.2, -0.15) is 5.10 Å². The van der Waals surface area contributed by atoms with Crippen molar-refractivity contribution in [1.82, 2.24) is 10.9 Å². The maximum absolute atomic E-state index is 8.42. The van der Waals surface area contributed by atoms with Crippen LogP contribution in [0.2, 0.25) is 0 Å². The lowest BCUT2D eigenvalue weighted by Crippen LogP contribution is -2.30. The van der Waals surface area contributed by atoms with E-state index in [1.807, 2.05) is 0 Å². The predicted octanol–water partition coefficient (Wildman–Crippen LogP) is 0.549. The monoisotopic (exact) mass is 268 g/mol. The van der Waals surface area contributed by atoms with Crippen LogP contribution in [-0.4, -0.2) is 38.7 Å². The third-order valence-electron chi connectivity index (χ3n) is 2.23. The topological polar surface area (TPSA) is 108 Å². The molecule has 0 saturated carbocycles. The highest BCUT2D eigenvalue weighted by Gasteiger charge is 2.11. The van der Waals surface area contributed by atoms with Crippen molar-refractivity contribution in [3.63, 3.8) is 0 Å². The lowest BCUT2D eigenvalue weighted by molar-refractivity contribution is 0.228. The van der Waals surface area contributed by atoms with E-state index in [0.717, 1.165) is 0 Å². The van der Waals surface area contributed by atoms with Crippen LogP contribution >= 0.6 is 0 Å². The van der Waals surface area contributed by atoms with Crippen LogP contribution in [0.1, 0.15) is 5.56 Å². The summed E-state index contributed by atoms with van der Waals surface area (Å²) in [6.45, 7) is 0. The molecule has 1 aromatic rings. The van der Waals surface area contributed by atoms with Crippen LogP contribution in [0.4, 0.5) is 0 Å². The Labute approximate surface area is 110 Å². The molecule has 1 aromatic carbocycles. The molecule has 0 aliphatic carbocycles. The molecule has 19 heavy (non-hydrogen) atoms. The number of methoxy groups -OCH3 is 3. The van der Waals surface area contributed by atoms with E-state index in [2.05, 4.69) is 10.5 Å². The first-order chi connectivity index (χ1) is 9.15. The van der Waals surface area contributed by atoms with Crippen molar-refractivity contribution in [2.45, 2.75) is 0 Å². The minimum atomic E-state index is -0.359. The first-order valence-electron chi connectivity index (χ1n) is 5.24. The second-order valence-electron chi connectivity index (χ2n) is 3.30. The van der Waals surface area contributed by atoms with Gasteiger partial charge in [0, 0.05) is 12.1 Å². The van der Waals surface area contributed by atoms with Gasteiger partial charge in [-0.05, 0) is 0 Å². The Hall–Kier alpha value is -2.48. The maximum atomic E-state index is 8.42. The van der Waals surface area contributed by atoms with Crippen molar-refractivity contribution in [3.8, 4) is 17.2 Å². The Balaban J connectivity index is 3.06. The molecule has 104 valence electrons. The minimum absolute atomic E-state index is 0.359. The van der Waals surface area contributed by atoms with Crippen LogP contribution in [0.3, 0.4) is 0 Å². The molecule has 0 aliphatic heterocycles. The SMILES string of the molecule is COc1cc(OC)c(C=NNC(=N)NO)c(OC)c1. The molecule has 0 spiro atoms. The van der Waals surface area contributed by atoms with Gasteiger partial charge in [0.2, 0.25) is 5.96 Å². The summed E-state index contributed by atoms with van der Waals surface area (Å²) >= 11 is 0. The number of benzene rings is 1. The van der Waals surface area contributed by atoms with Gasteiger partial charge < -0.3 is 14.2 Å². The minimum Gasteiger partial charge on any atom is -0.496 e. The average Bonchev–Trinajstić information content (AvgIpc) is 2.46. The Bertz CT molecular complexity index is 451. The van der Waals surface area contributed by atoms with Gasteiger partial charge in [0.25, 0.3) is 0 Å². The molecular weight excluding hydrogens is 252 g/mol. The zero-order chi connectivity index (χ0) is 14.3. The van der Waals surface area contributed by atoms with Crippen molar-refractivity contribution in [3.05, 3.63) is 17.7 Å². The van der Waals surface area contributed by atoms with Crippen LogP contribution < -0.4 is 25.1 Å². The number of nitrogens with zero attached hydrogens (tertiary/aromatic N) is 1. The first kappa shape index (κ1) is 14.6. The Morgan fingerprint density at radius 3 is 2.21 bits per heavy atom. The summed E-state index contributed by atoms with van der Waals surface area (Å²) in [6.07, 6.45) is 1.41. The van der Waals surface area contributed by atoms with Crippen LogP contribution in [0.15, 0.2) is 17.2 Å². The standard InChI is InChI=1S/C11H16N4O4/c1-17-7-4-9(18-2)8(10(5-7)19-3)6-13-14-11(12)15-16/h4-6,16H,1-3H3,(H3,12,14,15). The summed E-state index contributed by atoms with van der Waals surface area (Å²) < 4.78 is 15.5. The number of hydrazone groups is 1. The molecule has 0 aromatic heterocycles. The van der Waals surface area contributed by atoms with Crippen LogP contribution in [0, 0.1) is 5.41 Å². The fraction of sp³-hybridized carbons (Fsp3) is 0.273. The third kappa shape index (κ3) is 3.75. The number of hydrogen-bond donors (Lipinski definition) is 4. The second kappa shape index (κ2) is 7.07. The molecule has 0 atom stereocenters. The summed E-state index contributed by atoms with van der Waals surface area (Å²) in [4.78, 5) is 0. The van der Waals surface area contributed by atoms with Crippen molar-refractivity contribution in [2.24, 2.45) is 5.10 Å². The Morgan fingerprint density at radius 1 is 1.21 bits per heavy atom. The van der Waals surface area contributed by atoms with Gasteiger partial charge in [-0.25, -0.2) is 10.9 Å². The summed E-state index contributed by atoms with van der Waals surface area (Å²) in [5.41, 5.74) is 4.44. The maximum Gasteiger partial charge on any atom is 0.233 e. The van der Waals surface area contributed by atoms with Crippen molar-refractivity contribution >= 4 is 12.2 Å². The molecule has 0 radical (unpaired) electrons. The molecule has 0 unspecified atom stereocenters. The number of rotatable bonds is 5. The van der Waals surface area contributed by atoms with Crippen LogP contribution in [0.25, 0.3) is 0 Å². The smallest absolute Gasteiger partial charge is 0.233 e. The van der Waals surface area contributed by atoms with E-state index in [1.165, 1.54) is 27.5 Å². The number of nitrogens with one attached hydrogen (secondary N) is 3. The zero-order valence-corrected chi connectivity index (χ0v) is 10.9. The van der Waals surface area contributed by atoms with Crippen molar-refractivity contribution in [1.29, 1.82) is 5.41 Å². The summed E-state index contributed by atoms with van der Waals surface area (Å²) in [7, 11) is 4.56. The molecule has 0 saturated heterocycles. The average molecular weight is 268 g/mol. The third-order valence-corrected chi connectivity index (χ3v) is 2.23. The highest BCUT2D eigenvalue weighted by atomic mass is 16.5. The van der Waals surface area contributed by atoms with E-state index < -0.39 is 0 Å². The first-order valence-corrected chi connectivity index (χ1v) is 5.24. The lowest BCUT2D eigenvalue weighted by atomic mass is 10.2. The van der Waals surface area contributed by atoms with Gasteiger partial charge in [-0.3, -0.25) is 10.6 Å². The second-order valence-corrected chi connectivity index (χ2v) is 3.30. The summed E-state index contributed by atoms with van der Waals surface area (Å²) in [5, 5.41) is 19.3. The molecule has 8 nitrogen and oxygen atoms in total. The molecule has 0 bridgehead atoms. The van der Waals surface area contributed by atoms with E-state index in [4.69, 9.17) is 24.8 Å². The quantitative estimate of drug-likeness (QED) is 0.353. The van der Waals surface area contributed by atoms with Gasteiger partial charge in [0.15, 0.2) is 0 Å². The van der Waals surface area contributed by atoms with E-state index >= 15 is 0 Å². The van der Waals surface area contributed by atoms with Crippen LogP contribution in [-0.2, 0) is 0 Å². The molecule has 0 fully saturated rings. The van der Waals surface area contributed by atoms with E-state index in [0.29, 0.717) is 22.8 Å². The normalized spacial score (nSPS) is 10.1. The van der Waals surface area contributed by atoms with E-state index in [-0.39, 0.29) is 5.96 Å². The Kier molecular flexibility index (Phi) is 5.42. The van der Waals surface area contributed by atoms with Gasteiger partial charge >= 0.3 is 0 Å². The number of guanidine groups is 1. The highest BCUT2D eigenvalue weighted by molar-refractivity contribution is 5.89. The van der Waals surface area contributed by atoms with Gasteiger partial charge in [0.05, 0.1) is 33.1 Å². The summed E-state index contributed by atoms with van der Waals surface area (Å²) in [6, 6.07) is 3.36. The van der Waals surface area contributed by atoms with Gasteiger partial charge in [-0.15, -0.1) is 0 Å². The van der Waals surface area contributed by atoms with Gasteiger partial charge in [-0.1, -0.05) is 0 Å². The largest absolute Gasteiger partial charge is 0.496 e. The lowest BCUT2D eigenvalue weighted by Gasteiger charge is -2.12. The van der Waals surface area contributed by atoms with Crippen molar-refractivity contribution < 1.29 is 19.4 Å². The molecular formula is C11H16N4O4. The Morgan fingerprint density at radius 2 is 1.79 bits per heavy atom. The highest BCUT2D eigenvalue weighted by Crippen LogP contribution is 2.32. The predicted molar refractivity (Wildman–Crippen MR) is 69.5 cm³/mol. The molecule has 8 heteroatoms. The molecule has 1 rings (SSSR count). The molecule has 0 amide bonds. The van der Waals surface area contributed by atoms with E-state index in [9.17, 15) is 0 Å². The fourth-order valence-corrected chi connectivity index (χ4v) is 1.35. The van der Waals surface area contributed by atoms with Crippen molar-refractivity contribution in [2.75, 3.05) is 21.3 Å².